The molecule has 8 nitrogen and oxygen atoms in total. The van der Waals surface area contributed by atoms with Crippen LogP contribution in [0, 0.1) is 0 Å². The lowest BCUT2D eigenvalue weighted by Gasteiger charge is -2.21. The lowest BCUT2D eigenvalue weighted by molar-refractivity contribution is -0.123. The summed E-state index contributed by atoms with van der Waals surface area (Å²) in [5, 5.41) is 5.62. The second-order valence-electron chi connectivity index (χ2n) is 5.40. The van der Waals surface area contributed by atoms with Crippen LogP contribution in [0.5, 0.6) is 0 Å². The lowest BCUT2D eigenvalue weighted by Crippen LogP contribution is -2.42. The van der Waals surface area contributed by atoms with Crippen LogP contribution in [0.25, 0.3) is 0 Å². The molecule has 0 saturated carbocycles. The first-order valence-corrected chi connectivity index (χ1v) is 7.64. The summed E-state index contributed by atoms with van der Waals surface area (Å²) in [5.74, 6) is -0.0484. The van der Waals surface area contributed by atoms with Gasteiger partial charge in [-0.2, -0.15) is 0 Å². The fraction of sp³-hybridized carbons (Fsp3) is 0.857. The van der Waals surface area contributed by atoms with Gasteiger partial charge in [0.05, 0.1) is 39.5 Å². The number of likely N-dealkylation sites (N-methyl/N-ethyl adjacent to an activating group) is 2. The van der Waals surface area contributed by atoms with Gasteiger partial charge in [-0.3, -0.25) is 19.4 Å². The Morgan fingerprint density at radius 3 is 1.59 bits per heavy atom. The Balaban J connectivity index is 2.37. The zero-order valence-corrected chi connectivity index (χ0v) is 13.6. The Morgan fingerprint density at radius 2 is 1.18 bits per heavy atom. The molecule has 2 N–H and O–H groups in total. The maximum atomic E-state index is 11.7. The normalized spacial score (nSPS) is 23.2. The minimum absolute atomic E-state index is 0.0242. The summed E-state index contributed by atoms with van der Waals surface area (Å²) in [7, 11) is 3.78. The molecule has 1 aliphatic heterocycles. The van der Waals surface area contributed by atoms with E-state index in [0.717, 1.165) is 13.1 Å². The highest BCUT2D eigenvalue weighted by molar-refractivity contribution is 5.78. The van der Waals surface area contributed by atoms with E-state index in [1.807, 2.05) is 23.9 Å². The summed E-state index contributed by atoms with van der Waals surface area (Å²) in [6.07, 6.45) is 0. The summed E-state index contributed by atoms with van der Waals surface area (Å²) in [4.78, 5) is 27.3. The Labute approximate surface area is 132 Å². The average Bonchev–Trinajstić information content (AvgIpc) is 2.46. The second-order valence-corrected chi connectivity index (χ2v) is 5.40. The van der Waals surface area contributed by atoms with Crippen molar-refractivity contribution in [3.05, 3.63) is 0 Å². The van der Waals surface area contributed by atoms with Gasteiger partial charge in [0.25, 0.3) is 0 Å². The van der Waals surface area contributed by atoms with Crippen molar-refractivity contribution in [3.8, 4) is 0 Å². The molecule has 2 amide bonds. The van der Waals surface area contributed by atoms with Crippen molar-refractivity contribution >= 4 is 11.8 Å². The maximum Gasteiger partial charge on any atom is 0.234 e. The predicted octanol–water partition coefficient (Wildman–Crippen LogP) is -1.87. The lowest BCUT2D eigenvalue weighted by atomic mass is 10.4. The van der Waals surface area contributed by atoms with Crippen molar-refractivity contribution < 1.29 is 19.1 Å². The Hall–Kier alpha value is -1.22. The summed E-state index contributed by atoms with van der Waals surface area (Å²) in [6.45, 7) is 5.01. The molecule has 128 valence electrons. The van der Waals surface area contributed by atoms with Crippen LogP contribution in [-0.2, 0) is 19.1 Å². The minimum Gasteiger partial charge on any atom is -0.377 e. The monoisotopic (exact) mass is 316 g/mol. The fourth-order valence-electron chi connectivity index (χ4n) is 1.95. The molecule has 0 aromatic carbocycles. The maximum absolute atomic E-state index is 11.7. The third kappa shape index (κ3) is 9.67. The smallest absolute Gasteiger partial charge is 0.234 e. The molecule has 1 saturated heterocycles. The highest BCUT2D eigenvalue weighted by Gasteiger charge is 2.10. The molecule has 8 heteroatoms. The van der Waals surface area contributed by atoms with Crippen LogP contribution in [-0.4, -0.2) is 101 Å². The number of ether oxygens (including phenoxy) is 2. The summed E-state index contributed by atoms with van der Waals surface area (Å²) in [6, 6.07) is 0. The third-order valence-corrected chi connectivity index (χ3v) is 3.20. The van der Waals surface area contributed by atoms with Crippen LogP contribution >= 0.6 is 0 Å². The molecule has 1 aliphatic rings. The van der Waals surface area contributed by atoms with Crippen molar-refractivity contribution in [2.75, 3.05) is 79.8 Å². The standard InChI is InChI=1S/C14H28N4O4/c1-17-5-6-18(2)12-14(20)16-4-8-22-10-9-21-7-3-15-13(19)11-17/h3-12H2,1-2H3,(H,15,19)(H,16,20). The van der Waals surface area contributed by atoms with Crippen molar-refractivity contribution in [1.82, 2.24) is 20.4 Å². The molecule has 0 aromatic rings. The molecule has 0 aliphatic carbocycles. The summed E-state index contributed by atoms with van der Waals surface area (Å²) >= 11 is 0. The van der Waals surface area contributed by atoms with Gasteiger partial charge < -0.3 is 20.1 Å². The summed E-state index contributed by atoms with van der Waals surface area (Å²) in [5.41, 5.74) is 0. The quantitative estimate of drug-likeness (QED) is 0.545. The molecular weight excluding hydrogens is 288 g/mol. The van der Waals surface area contributed by atoms with Crippen molar-refractivity contribution in [1.29, 1.82) is 0 Å². The molecule has 0 radical (unpaired) electrons. The molecule has 1 rings (SSSR count). The van der Waals surface area contributed by atoms with Gasteiger partial charge in [-0.1, -0.05) is 0 Å². The van der Waals surface area contributed by atoms with E-state index in [2.05, 4.69) is 10.6 Å². The number of carbonyl (C=O) groups is 2. The zero-order valence-electron chi connectivity index (χ0n) is 13.6. The molecule has 0 aromatic heterocycles. The van der Waals surface area contributed by atoms with Gasteiger partial charge in [-0.05, 0) is 14.1 Å². The van der Waals surface area contributed by atoms with Crippen LogP contribution in [0.4, 0.5) is 0 Å². The molecule has 22 heavy (non-hydrogen) atoms. The van der Waals surface area contributed by atoms with E-state index in [1.54, 1.807) is 0 Å². The number of amides is 2. The summed E-state index contributed by atoms with van der Waals surface area (Å²) < 4.78 is 10.7. The topological polar surface area (TPSA) is 83.1 Å². The number of hydrogen-bond donors (Lipinski definition) is 2. The SMILES string of the molecule is CN1CCN(C)CC(=O)NCCOCCOCCNC(=O)C1. The van der Waals surface area contributed by atoms with Crippen LogP contribution in [0.15, 0.2) is 0 Å². The van der Waals surface area contributed by atoms with E-state index in [4.69, 9.17) is 9.47 Å². The van der Waals surface area contributed by atoms with Gasteiger partial charge in [0.15, 0.2) is 0 Å². The van der Waals surface area contributed by atoms with Gasteiger partial charge in [0, 0.05) is 26.2 Å². The van der Waals surface area contributed by atoms with E-state index in [0.29, 0.717) is 52.6 Å². The third-order valence-electron chi connectivity index (χ3n) is 3.20. The number of carbonyl (C=O) groups excluding carboxylic acids is 2. The van der Waals surface area contributed by atoms with E-state index in [-0.39, 0.29) is 11.8 Å². The van der Waals surface area contributed by atoms with E-state index < -0.39 is 0 Å². The Morgan fingerprint density at radius 1 is 0.773 bits per heavy atom. The van der Waals surface area contributed by atoms with Gasteiger partial charge in [0.2, 0.25) is 11.8 Å². The predicted molar refractivity (Wildman–Crippen MR) is 82.7 cm³/mol. The molecule has 0 spiro atoms. The van der Waals surface area contributed by atoms with Gasteiger partial charge in [-0.25, -0.2) is 0 Å². The van der Waals surface area contributed by atoms with E-state index in [9.17, 15) is 9.59 Å². The first-order valence-electron chi connectivity index (χ1n) is 7.64. The Bertz CT molecular complexity index is 309. The fourth-order valence-corrected chi connectivity index (χ4v) is 1.95. The molecular formula is C14H28N4O4. The highest BCUT2D eigenvalue weighted by Crippen LogP contribution is 1.88. The highest BCUT2D eigenvalue weighted by atomic mass is 16.5. The molecule has 1 heterocycles. The molecule has 0 bridgehead atoms. The molecule has 1 fully saturated rings. The minimum atomic E-state index is -0.0242. The number of nitrogens with one attached hydrogen (secondary N) is 2. The molecule has 0 atom stereocenters. The van der Waals surface area contributed by atoms with Crippen molar-refractivity contribution in [2.24, 2.45) is 0 Å². The average molecular weight is 316 g/mol. The van der Waals surface area contributed by atoms with Crippen molar-refractivity contribution in [3.63, 3.8) is 0 Å². The van der Waals surface area contributed by atoms with Crippen LogP contribution in [0.1, 0.15) is 0 Å². The van der Waals surface area contributed by atoms with Gasteiger partial charge >= 0.3 is 0 Å². The zero-order chi connectivity index (χ0) is 16.2. The molecule has 0 unspecified atom stereocenters. The van der Waals surface area contributed by atoms with Crippen LogP contribution in [0.3, 0.4) is 0 Å². The number of hydrogen-bond acceptors (Lipinski definition) is 6. The van der Waals surface area contributed by atoms with Gasteiger partial charge in [0.1, 0.15) is 0 Å². The van der Waals surface area contributed by atoms with E-state index >= 15 is 0 Å². The van der Waals surface area contributed by atoms with E-state index in [1.165, 1.54) is 0 Å². The number of rotatable bonds is 0. The van der Waals surface area contributed by atoms with Crippen LogP contribution < -0.4 is 10.6 Å². The second kappa shape index (κ2) is 11.4. The van der Waals surface area contributed by atoms with Crippen LogP contribution in [0.2, 0.25) is 0 Å². The van der Waals surface area contributed by atoms with Crippen molar-refractivity contribution in [2.45, 2.75) is 0 Å². The largest absolute Gasteiger partial charge is 0.377 e. The van der Waals surface area contributed by atoms with Gasteiger partial charge in [-0.15, -0.1) is 0 Å². The number of nitrogens with zero attached hydrogens (tertiary/aromatic N) is 2. The first-order chi connectivity index (χ1) is 10.6. The first kappa shape index (κ1) is 18.8. The Kier molecular flexibility index (Phi) is 9.72.